The number of hydrazone groups is 1. The van der Waals surface area contributed by atoms with Crippen LogP contribution in [0.25, 0.3) is 11.2 Å². The predicted molar refractivity (Wildman–Crippen MR) is 95.2 cm³/mol. The summed E-state index contributed by atoms with van der Waals surface area (Å²) < 4.78 is 4.36. The second-order valence-corrected chi connectivity index (χ2v) is 6.92. The minimum absolute atomic E-state index is 0.0643. The van der Waals surface area contributed by atoms with Crippen LogP contribution in [0.5, 0.6) is 0 Å². The van der Waals surface area contributed by atoms with Gasteiger partial charge in [0, 0.05) is 13.6 Å². The van der Waals surface area contributed by atoms with Gasteiger partial charge in [0.15, 0.2) is 16.9 Å². The molecule has 3 heterocycles. The molecule has 0 amide bonds. The third-order valence-corrected chi connectivity index (χ3v) is 4.04. The Balaban J connectivity index is 2.32. The highest BCUT2D eigenvalue weighted by Gasteiger charge is 2.27. The first-order chi connectivity index (χ1) is 11.7. The molecule has 9 nitrogen and oxygen atoms in total. The van der Waals surface area contributed by atoms with E-state index in [1.54, 1.807) is 11.6 Å². The van der Waals surface area contributed by atoms with Crippen molar-refractivity contribution in [3.63, 3.8) is 0 Å². The Morgan fingerprint density at radius 3 is 2.56 bits per heavy atom. The maximum absolute atomic E-state index is 13.0. The molecule has 0 aromatic carbocycles. The highest BCUT2D eigenvalue weighted by Crippen LogP contribution is 2.23. The second kappa shape index (κ2) is 5.98. The number of imidazole rings is 1. The number of rotatable bonds is 4. The molecule has 0 unspecified atom stereocenters. The summed E-state index contributed by atoms with van der Waals surface area (Å²) in [6.45, 7) is 8.01. The molecule has 0 aliphatic carbocycles. The van der Waals surface area contributed by atoms with E-state index in [-0.39, 0.29) is 23.8 Å². The first-order valence-corrected chi connectivity index (χ1v) is 8.21. The van der Waals surface area contributed by atoms with Crippen molar-refractivity contribution >= 4 is 28.6 Å². The fourth-order valence-electron chi connectivity index (χ4n) is 3.06. The Morgan fingerprint density at radius 1 is 1.28 bits per heavy atom. The van der Waals surface area contributed by atoms with Crippen molar-refractivity contribution < 1.29 is 4.79 Å². The van der Waals surface area contributed by atoms with Gasteiger partial charge in [0.1, 0.15) is 6.54 Å². The molecule has 0 spiro atoms. The number of Topliss-reactive ketones (excluding diaryl/α,β-unsaturated/α-hetero) is 1. The van der Waals surface area contributed by atoms with E-state index in [4.69, 9.17) is 0 Å². The second-order valence-electron chi connectivity index (χ2n) is 6.92. The number of nitrogens with zero attached hydrogens (tertiary/aromatic N) is 6. The van der Waals surface area contributed by atoms with Crippen LogP contribution in [0, 0.1) is 5.92 Å². The summed E-state index contributed by atoms with van der Waals surface area (Å²) >= 11 is 0. The van der Waals surface area contributed by atoms with Gasteiger partial charge in [-0.1, -0.05) is 13.8 Å². The van der Waals surface area contributed by atoms with Crippen molar-refractivity contribution in [2.45, 2.75) is 40.8 Å². The van der Waals surface area contributed by atoms with Crippen LogP contribution >= 0.6 is 0 Å². The Kier molecular flexibility index (Phi) is 4.09. The lowest BCUT2D eigenvalue weighted by Crippen LogP contribution is -2.41. The molecule has 0 fully saturated rings. The van der Waals surface area contributed by atoms with Crippen LogP contribution in [0.4, 0.5) is 5.95 Å². The third-order valence-electron chi connectivity index (χ3n) is 4.04. The maximum atomic E-state index is 13.0. The highest BCUT2D eigenvalue weighted by molar-refractivity contribution is 5.89. The molecule has 3 rings (SSSR count). The fraction of sp³-hybridized carbons (Fsp3) is 0.562. The number of fused-ring (bicyclic) bond motifs is 3. The Hall–Kier alpha value is -2.71. The first-order valence-electron chi connectivity index (χ1n) is 8.21. The maximum Gasteiger partial charge on any atom is 0.332 e. The summed E-state index contributed by atoms with van der Waals surface area (Å²) in [7, 11) is 1.60. The fourth-order valence-corrected chi connectivity index (χ4v) is 3.06. The van der Waals surface area contributed by atoms with Crippen LogP contribution in [0.1, 0.15) is 27.7 Å². The van der Waals surface area contributed by atoms with Gasteiger partial charge in [-0.15, -0.1) is 0 Å². The van der Waals surface area contributed by atoms with Crippen molar-refractivity contribution in [2.75, 3.05) is 11.6 Å². The summed E-state index contributed by atoms with van der Waals surface area (Å²) in [6, 6.07) is 0. The summed E-state index contributed by atoms with van der Waals surface area (Å²) in [6.07, 6.45) is 0. The summed E-state index contributed by atoms with van der Waals surface area (Å²) in [5.41, 5.74) is 0.682. The van der Waals surface area contributed by atoms with E-state index < -0.39 is 5.69 Å². The van der Waals surface area contributed by atoms with Crippen molar-refractivity contribution in [2.24, 2.45) is 18.1 Å². The quantitative estimate of drug-likeness (QED) is 0.795. The highest BCUT2D eigenvalue weighted by atomic mass is 16.2. The molecule has 1 aliphatic heterocycles. The molecule has 2 aromatic heterocycles. The van der Waals surface area contributed by atoms with Crippen LogP contribution in [-0.2, 0) is 24.9 Å². The standard InChI is InChI=1S/C16H22N6O3/c1-9(2)6-21-14(24)12-13(19(5)16(21)25)17-15-20(12)7-10(3)18-22(15)8-11(4)23/h9H,6-8H2,1-5H3. The molecule has 0 bridgehead atoms. The van der Waals surface area contributed by atoms with Gasteiger partial charge in [0.05, 0.1) is 12.3 Å². The Morgan fingerprint density at radius 2 is 1.96 bits per heavy atom. The number of carbonyl (C=O) groups excluding carboxylic acids is 1. The van der Waals surface area contributed by atoms with E-state index in [1.807, 2.05) is 20.8 Å². The zero-order valence-corrected chi connectivity index (χ0v) is 15.1. The SMILES string of the molecule is CC(=O)CN1N=C(C)Cn2c1nc1c2c(=O)n(CC(C)C)c(=O)n1C. The van der Waals surface area contributed by atoms with Crippen LogP contribution in [0.15, 0.2) is 14.7 Å². The molecule has 2 aromatic rings. The minimum Gasteiger partial charge on any atom is -0.298 e. The molecule has 0 N–H and O–H groups in total. The number of aromatic nitrogens is 4. The van der Waals surface area contributed by atoms with Crippen molar-refractivity contribution in [3.8, 4) is 0 Å². The van der Waals surface area contributed by atoms with E-state index in [1.165, 1.54) is 21.1 Å². The normalized spacial score (nSPS) is 14.2. The lowest BCUT2D eigenvalue weighted by Gasteiger charge is -2.23. The molecule has 0 saturated heterocycles. The minimum atomic E-state index is -0.391. The van der Waals surface area contributed by atoms with Gasteiger partial charge in [0.2, 0.25) is 5.95 Å². The van der Waals surface area contributed by atoms with Crippen LogP contribution in [0.2, 0.25) is 0 Å². The number of aryl methyl sites for hydroxylation is 1. The molecule has 1 aliphatic rings. The largest absolute Gasteiger partial charge is 0.332 e. The van der Waals surface area contributed by atoms with Gasteiger partial charge in [-0.3, -0.25) is 23.3 Å². The number of hydrogen-bond acceptors (Lipinski definition) is 6. The van der Waals surface area contributed by atoms with Gasteiger partial charge in [-0.25, -0.2) is 9.80 Å². The summed E-state index contributed by atoms with van der Waals surface area (Å²) in [5, 5.41) is 5.85. The van der Waals surface area contributed by atoms with Crippen molar-refractivity contribution in [3.05, 3.63) is 20.8 Å². The van der Waals surface area contributed by atoms with Crippen LogP contribution in [0.3, 0.4) is 0 Å². The molecule has 0 atom stereocenters. The molecule has 25 heavy (non-hydrogen) atoms. The van der Waals surface area contributed by atoms with Crippen LogP contribution < -0.4 is 16.3 Å². The van der Waals surface area contributed by atoms with Crippen molar-refractivity contribution in [1.82, 2.24) is 18.7 Å². The molecule has 0 saturated carbocycles. The van der Waals surface area contributed by atoms with Gasteiger partial charge < -0.3 is 0 Å². The number of ketones is 1. The van der Waals surface area contributed by atoms with Gasteiger partial charge >= 0.3 is 5.69 Å². The number of carbonyl (C=O) groups is 1. The zero-order chi connectivity index (χ0) is 18.5. The van der Waals surface area contributed by atoms with Crippen molar-refractivity contribution in [1.29, 1.82) is 0 Å². The smallest absolute Gasteiger partial charge is 0.298 e. The van der Waals surface area contributed by atoms with Gasteiger partial charge in [-0.05, 0) is 19.8 Å². The lowest BCUT2D eigenvalue weighted by molar-refractivity contribution is -0.115. The monoisotopic (exact) mass is 346 g/mol. The van der Waals surface area contributed by atoms with E-state index >= 15 is 0 Å². The molecule has 134 valence electrons. The van der Waals surface area contributed by atoms with Crippen LogP contribution in [-0.4, -0.2) is 36.7 Å². The average molecular weight is 346 g/mol. The molecular weight excluding hydrogens is 324 g/mol. The van der Waals surface area contributed by atoms with Gasteiger partial charge in [-0.2, -0.15) is 10.1 Å². The number of hydrogen-bond donors (Lipinski definition) is 0. The van der Waals surface area contributed by atoms with E-state index in [0.29, 0.717) is 30.2 Å². The predicted octanol–water partition coefficient (Wildman–Crippen LogP) is 0.338. The molecule has 0 radical (unpaired) electrons. The Bertz CT molecular complexity index is 1010. The van der Waals surface area contributed by atoms with Gasteiger partial charge in [0.25, 0.3) is 5.56 Å². The van der Waals surface area contributed by atoms with E-state index in [0.717, 1.165) is 5.71 Å². The zero-order valence-electron chi connectivity index (χ0n) is 15.1. The lowest BCUT2D eigenvalue weighted by atomic mass is 10.2. The molecular formula is C16H22N6O3. The summed E-state index contributed by atoms with van der Waals surface area (Å²) in [5.74, 6) is 0.498. The third kappa shape index (κ3) is 2.79. The average Bonchev–Trinajstić information content (AvgIpc) is 2.88. The van der Waals surface area contributed by atoms with E-state index in [9.17, 15) is 14.4 Å². The molecule has 9 heteroatoms. The summed E-state index contributed by atoms with van der Waals surface area (Å²) in [4.78, 5) is 41.5. The topological polar surface area (TPSA) is 94.5 Å². The number of anilines is 1. The Labute approximate surface area is 144 Å². The first kappa shape index (κ1) is 17.1. The van der Waals surface area contributed by atoms with E-state index in [2.05, 4.69) is 10.1 Å².